The lowest BCUT2D eigenvalue weighted by molar-refractivity contribution is -0.392. The largest absolute Gasteiger partial charge is 0.501 e. The van der Waals surface area contributed by atoms with Gasteiger partial charge in [-0.05, 0) is 68.2 Å². The molecule has 3 N–H and O–H groups in total. The number of aromatic amines is 1. The van der Waals surface area contributed by atoms with Crippen LogP contribution in [0.15, 0.2) is 47.9 Å². The van der Waals surface area contributed by atoms with Crippen molar-refractivity contribution in [2.45, 2.75) is 65.8 Å². The number of hydrogen-bond acceptors (Lipinski definition) is 4. The number of carbonyl (C=O) groups is 2. The minimum Gasteiger partial charge on any atom is -0.501 e. The Morgan fingerprint density at radius 3 is 2.46 bits per heavy atom. The normalized spacial score (nSPS) is 15.9. The van der Waals surface area contributed by atoms with Crippen LogP contribution in [0.25, 0.3) is 10.8 Å². The van der Waals surface area contributed by atoms with Gasteiger partial charge in [-0.25, -0.2) is 9.78 Å². The molecule has 0 bridgehead atoms. The third-order valence-corrected chi connectivity index (χ3v) is 6.52. The number of carbonyl (C=O) groups excluding carboxylic acids is 1. The number of ether oxygens (including phenoxy) is 2. The van der Waals surface area contributed by atoms with Gasteiger partial charge in [0.25, 0.3) is 5.69 Å². The molecular weight excluding hydrogens is 444 g/mol. The summed E-state index contributed by atoms with van der Waals surface area (Å²) in [6, 6.07) is 6.64. The fourth-order valence-corrected chi connectivity index (χ4v) is 4.45. The molecule has 7 heteroatoms. The Hall–Kier alpha value is -3.35. The second-order valence-electron chi connectivity index (χ2n) is 9.66. The highest BCUT2D eigenvalue weighted by molar-refractivity contribution is 5.97. The fraction of sp³-hybridized carbons (Fsp3) is 0.464. The summed E-state index contributed by atoms with van der Waals surface area (Å²) < 4.78 is 11.2. The van der Waals surface area contributed by atoms with Gasteiger partial charge in [0.1, 0.15) is 17.6 Å². The molecule has 2 aromatic rings. The van der Waals surface area contributed by atoms with Crippen molar-refractivity contribution in [2.24, 2.45) is 11.8 Å². The average Bonchev–Trinajstić information content (AvgIpc) is 3.33. The first-order valence-electron chi connectivity index (χ1n) is 12.3. The van der Waals surface area contributed by atoms with E-state index < -0.39 is 17.9 Å². The number of nitrogens with one attached hydrogen (secondary N) is 2. The number of aromatic nitrogens is 1. The Kier molecular flexibility index (Phi) is 8.90. The molecule has 1 aromatic carbocycles. The van der Waals surface area contributed by atoms with E-state index in [0.29, 0.717) is 17.4 Å². The smallest absolute Gasteiger partial charge is 0.326 e. The Balaban J connectivity index is 1.96. The summed E-state index contributed by atoms with van der Waals surface area (Å²) >= 11 is 0. The van der Waals surface area contributed by atoms with E-state index in [4.69, 9.17) is 9.47 Å². The number of hydrogen-bond donors (Lipinski definition) is 2. The van der Waals surface area contributed by atoms with Crippen molar-refractivity contribution in [1.29, 1.82) is 0 Å². The topological polar surface area (TPSA) is 99.0 Å². The van der Waals surface area contributed by atoms with Gasteiger partial charge >= 0.3 is 11.9 Å². The Morgan fingerprint density at radius 2 is 1.83 bits per heavy atom. The van der Waals surface area contributed by atoms with E-state index in [2.05, 4.69) is 10.3 Å². The van der Waals surface area contributed by atoms with Gasteiger partial charge in [0, 0.05) is 12.5 Å². The van der Waals surface area contributed by atoms with E-state index in [9.17, 15) is 14.7 Å². The van der Waals surface area contributed by atoms with Crippen LogP contribution in [0.3, 0.4) is 0 Å². The fourth-order valence-electron chi connectivity index (χ4n) is 4.45. The van der Waals surface area contributed by atoms with Crippen LogP contribution in [0, 0.1) is 11.8 Å². The van der Waals surface area contributed by atoms with Crippen LogP contribution >= 0.6 is 0 Å². The number of methoxy groups -OCH3 is 1. The lowest BCUT2D eigenvalue weighted by Crippen LogP contribution is -2.46. The molecular formula is C28H37N2O5+. The van der Waals surface area contributed by atoms with Crippen molar-refractivity contribution in [3.8, 4) is 5.75 Å². The maximum absolute atomic E-state index is 13.0. The highest BCUT2D eigenvalue weighted by Crippen LogP contribution is 2.31. The second-order valence-corrected chi connectivity index (χ2v) is 9.66. The summed E-state index contributed by atoms with van der Waals surface area (Å²) in [4.78, 5) is 27.9. The van der Waals surface area contributed by atoms with Crippen molar-refractivity contribution < 1.29 is 29.2 Å². The van der Waals surface area contributed by atoms with Gasteiger partial charge in [0.15, 0.2) is 5.69 Å². The monoisotopic (exact) mass is 481 g/mol. The zero-order valence-corrected chi connectivity index (χ0v) is 21.3. The van der Waals surface area contributed by atoms with Gasteiger partial charge in [-0.1, -0.05) is 32.8 Å². The summed E-state index contributed by atoms with van der Waals surface area (Å²) in [6.07, 6.45) is 9.33. The predicted molar refractivity (Wildman–Crippen MR) is 135 cm³/mol. The molecule has 0 radical (unpaired) electrons. The van der Waals surface area contributed by atoms with Gasteiger partial charge in [0.05, 0.1) is 18.3 Å². The quantitative estimate of drug-likeness (QED) is 0.365. The predicted octanol–water partition coefficient (Wildman–Crippen LogP) is 5.06. The van der Waals surface area contributed by atoms with Gasteiger partial charge in [-0.2, -0.15) is 0 Å². The van der Waals surface area contributed by atoms with E-state index in [-0.39, 0.29) is 5.92 Å². The molecule has 3 rings (SSSR count). The van der Waals surface area contributed by atoms with Crippen LogP contribution in [0.1, 0.15) is 69.6 Å². The lowest BCUT2D eigenvalue weighted by Gasteiger charge is -2.17. The first-order valence-corrected chi connectivity index (χ1v) is 12.3. The summed E-state index contributed by atoms with van der Waals surface area (Å²) in [5, 5.41) is 14.1. The van der Waals surface area contributed by atoms with E-state index in [0.717, 1.165) is 34.4 Å². The maximum atomic E-state index is 13.0. The number of benzene rings is 1. The number of amides is 1. The Bertz CT molecular complexity index is 1130. The standard InChI is InChI=1S/C28H36N2O5/c1-17(2)26(28(32)33)30-27(31)25-15-21-12-13-22(35-19(4)11-10-18(3)34-5)16-23(21)24(29-25)14-20-8-6-7-9-20/h10-13,15-17,20,26H,6-9,14H2,1-5H3,(H,30,31)(H,32,33)/p+1/b18-10+,19-11+/t26-/m0/s1. The number of allylic oxidation sites excluding steroid dienone is 4. The van der Waals surface area contributed by atoms with E-state index >= 15 is 0 Å². The summed E-state index contributed by atoms with van der Waals surface area (Å²) in [5.74, 6) is 1.09. The van der Waals surface area contributed by atoms with Crippen LogP contribution < -0.4 is 15.0 Å². The number of aliphatic carboxylic acids is 1. The molecule has 1 aliphatic carbocycles. The van der Waals surface area contributed by atoms with Gasteiger partial charge < -0.3 is 19.9 Å². The lowest BCUT2D eigenvalue weighted by atomic mass is 9.97. The van der Waals surface area contributed by atoms with Gasteiger partial charge in [-0.15, -0.1) is 0 Å². The van der Waals surface area contributed by atoms with Crippen LogP contribution in [-0.2, 0) is 16.0 Å². The molecule has 0 spiro atoms. The molecule has 1 atom stereocenters. The molecule has 0 saturated heterocycles. The highest BCUT2D eigenvalue weighted by atomic mass is 16.5. The van der Waals surface area contributed by atoms with Crippen LogP contribution in [0.4, 0.5) is 0 Å². The number of carboxylic acid groups (broad SMARTS) is 1. The number of rotatable bonds is 10. The minimum atomic E-state index is -1.04. The molecule has 188 valence electrons. The molecule has 0 aliphatic heterocycles. The molecule has 1 saturated carbocycles. The Morgan fingerprint density at radius 1 is 1.14 bits per heavy atom. The SMILES string of the molecule is CO/C(C)=C/C=C(\C)Oc1ccc2cc(C(=O)N[C@H](C(=O)O)C(C)C)[nH+]c(CC3CCCC3)c2c1. The number of carboxylic acids is 1. The number of H-pyrrole nitrogens is 1. The van der Waals surface area contributed by atoms with Gasteiger partial charge in [-0.3, -0.25) is 4.79 Å². The summed E-state index contributed by atoms with van der Waals surface area (Å²) in [7, 11) is 1.63. The summed E-state index contributed by atoms with van der Waals surface area (Å²) in [6.45, 7) is 7.31. The van der Waals surface area contributed by atoms with Crippen LogP contribution in [0.5, 0.6) is 5.75 Å². The molecule has 35 heavy (non-hydrogen) atoms. The van der Waals surface area contributed by atoms with Crippen molar-refractivity contribution in [3.05, 3.63) is 59.3 Å². The number of pyridine rings is 1. The third kappa shape index (κ3) is 7.07. The highest BCUT2D eigenvalue weighted by Gasteiger charge is 2.28. The van der Waals surface area contributed by atoms with Crippen molar-refractivity contribution in [3.63, 3.8) is 0 Å². The zero-order valence-electron chi connectivity index (χ0n) is 21.3. The van der Waals surface area contributed by atoms with E-state index in [1.165, 1.54) is 25.7 Å². The Labute approximate surface area is 207 Å². The molecule has 1 fully saturated rings. The van der Waals surface area contributed by atoms with Crippen molar-refractivity contribution in [1.82, 2.24) is 5.32 Å². The van der Waals surface area contributed by atoms with E-state index in [1.54, 1.807) is 27.0 Å². The molecule has 1 aliphatic rings. The van der Waals surface area contributed by atoms with Crippen molar-refractivity contribution >= 4 is 22.6 Å². The zero-order chi connectivity index (χ0) is 25.5. The van der Waals surface area contributed by atoms with E-state index in [1.807, 2.05) is 44.2 Å². The first kappa shape index (κ1) is 26.3. The first-order chi connectivity index (χ1) is 16.7. The summed E-state index contributed by atoms with van der Waals surface area (Å²) in [5.41, 5.74) is 1.33. The molecule has 0 unspecified atom stereocenters. The third-order valence-electron chi connectivity index (χ3n) is 6.52. The maximum Gasteiger partial charge on any atom is 0.326 e. The minimum absolute atomic E-state index is 0.228. The van der Waals surface area contributed by atoms with Crippen LogP contribution in [0.2, 0.25) is 0 Å². The molecule has 1 heterocycles. The second kappa shape index (κ2) is 11.9. The number of fused-ring (bicyclic) bond motifs is 1. The molecule has 1 amide bonds. The van der Waals surface area contributed by atoms with Gasteiger partial charge in [0.2, 0.25) is 0 Å². The molecule has 1 aromatic heterocycles. The van der Waals surface area contributed by atoms with Crippen molar-refractivity contribution in [2.75, 3.05) is 7.11 Å². The van der Waals surface area contributed by atoms with Crippen LogP contribution in [-0.4, -0.2) is 30.1 Å². The average molecular weight is 482 g/mol. The molecule has 7 nitrogen and oxygen atoms in total.